The summed E-state index contributed by atoms with van der Waals surface area (Å²) in [5.74, 6) is 0.193. The van der Waals surface area contributed by atoms with Crippen LogP contribution in [-0.2, 0) is 6.61 Å². The number of nitrogens with one attached hydrogen (secondary N) is 1. The molecule has 0 bridgehead atoms. The number of carbonyl (C=O) groups excluding carboxylic acids is 1. The van der Waals surface area contributed by atoms with Gasteiger partial charge in [-0.2, -0.15) is 0 Å². The summed E-state index contributed by atoms with van der Waals surface area (Å²) in [4.78, 5) is 16.9. The van der Waals surface area contributed by atoms with Crippen molar-refractivity contribution in [1.29, 1.82) is 0 Å². The summed E-state index contributed by atoms with van der Waals surface area (Å²) in [5.41, 5.74) is 2.68. The van der Waals surface area contributed by atoms with Crippen molar-refractivity contribution in [2.24, 2.45) is 0 Å². The Balaban J connectivity index is 1.78. The van der Waals surface area contributed by atoms with Crippen molar-refractivity contribution >= 4 is 34.8 Å². The van der Waals surface area contributed by atoms with E-state index in [2.05, 4.69) is 10.3 Å². The summed E-state index contributed by atoms with van der Waals surface area (Å²) in [6, 6.07) is 16.0. The first-order chi connectivity index (χ1) is 12.5. The molecule has 4 nitrogen and oxygen atoms in total. The van der Waals surface area contributed by atoms with Crippen molar-refractivity contribution in [2.75, 3.05) is 5.32 Å². The van der Waals surface area contributed by atoms with E-state index < -0.39 is 0 Å². The van der Waals surface area contributed by atoms with E-state index in [4.69, 9.17) is 27.9 Å². The third-order valence-electron chi connectivity index (χ3n) is 3.79. The molecule has 0 spiro atoms. The zero-order chi connectivity index (χ0) is 18.5. The number of pyridine rings is 1. The van der Waals surface area contributed by atoms with Gasteiger partial charge in [0.2, 0.25) is 0 Å². The normalized spacial score (nSPS) is 10.4. The van der Waals surface area contributed by atoms with Crippen LogP contribution in [0.3, 0.4) is 0 Å². The minimum atomic E-state index is -0.247. The standard InChI is InChI=1S/C20H16Cl2N2O2/c1-13-5-2-3-7-17(13)24-20(25)15-6-4-10-23-18(15)12-26-19-11-14(21)8-9-16(19)22/h2-11H,12H2,1H3,(H,24,25). The first-order valence-corrected chi connectivity index (χ1v) is 8.69. The number of aromatic nitrogens is 1. The number of rotatable bonds is 5. The van der Waals surface area contributed by atoms with E-state index in [-0.39, 0.29) is 12.5 Å². The number of amides is 1. The van der Waals surface area contributed by atoms with Crippen molar-refractivity contribution in [3.05, 3.63) is 87.7 Å². The predicted octanol–water partition coefficient (Wildman–Crippen LogP) is 5.53. The monoisotopic (exact) mass is 386 g/mol. The molecular weight excluding hydrogens is 371 g/mol. The molecule has 26 heavy (non-hydrogen) atoms. The Morgan fingerprint density at radius 3 is 2.73 bits per heavy atom. The third-order valence-corrected chi connectivity index (χ3v) is 4.33. The SMILES string of the molecule is Cc1ccccc1NC(=O)c1cccnc1COc1cc(Cl)ccc1Cl. The lowest BCUT2D eigenvalue weighted by atomic mass is 10.1. The van der Waals surface area contributed by atoms with Crippen molar-refractivity contribution in [1.82, 2.24) is 4.98 Å². The molecule has 0 unspecified atom stereocenters. The predicted molar refractivity (Wildman–Crippen MR) is 104 cm³/mol. The van der Waals surface area contributed by atoms with Crippen LogP contribution in [0, 0.1) is 6.92 Å². The first-order valence-electron chi connectivity index (χ1n) is 7.93. The summed E-state index contributed by atoms with van der Waals surface area (Å²) < 4.78 is 5.71. The van der Waals surface area contributed by atoms with Crippen LogP contribution in [-0.4, -0.2) is 10.9 Å². The van der Waals surface area contributed by atoms with Gasteiger partial charge in [0.1, 0.15) is 12.4 Å². The molecule has 1 heterocycles. The number of hydrogen-bond donors (Lipinski definition) is 1. The van der Waals surface area contributed by atoms with Gasteiger partial charge in [-0.1, -0.05) is 41.4 Å². The lowest BCUT2D eigenvalue weighted by Gasteiger charge is -2.12. The molecule has 0 fully saturated rings. The van der Waals surface area contributed by atoms with Gasteiger partial charge in [0.15, 0.2) is 0 Å². The second kappa shape index (κ2) is 8.21. The van der Waals surface area contributed by atoms with Gasteiger partial charge in [-0.15, -0.1) is 0 Å². The number of anilines is 1. The van der Waals surface area contributed by atoms with Gasteiger partial charge in [0, 0.05) is 23.0 Å². The van der Waals surface area contributed by atoms with E-state index in [9.17, 15) is 4.79 Å². The van der Waals surface area contributed by atoms with Crippen LogP contribution in [0.25, 0.3) is 0 Å². The van der Waals surface area contributed by atoms with E-state index in [1.54, 1.807) is 36.5 Å². The summed E-state index contributed by atoms with van der Waals surface area (Å²) in [6.45, 7) is 2.03. The maximum Gasteiger partial charge on any atom is 0.257 e. The summed E-state index contributed by atoms with van der Waals surface area (Å²) in [6.07, 6.45) is 1.61. The Hall–Kier alpha value is -2.56. The van der Waals surface area contributed by atoms with Gasteiger partial charge in [-0.3, -0.25) is 9.78 Å². The molecule has 0 radical (unpaired) electrons. The molecule has 0 aliphatic rings. The van der Waals surface area contributed by atoms with E-state index in [0.29, 0.717) is 27.1 Å². The molecule has 0 aliphatic heterocycles. The molecule has 3 rings (SSSR count). The van der Waals surface area contributed by atoms with Crippen LogP contribution in [0.2, 0.25) is 10.0 Å². The van der Waals surface area contributed by atoms with Gasteiger partial charge in [0.25, 0.3) is 5.91 Å². The largest absolute Gasteiger partial charge is 0.486 e. The summed E-state index contributed by atoms with van der Waals surface area (Å²) >= 11 is 12.1. The molecule has 0 saturated carbocycles. The zero-order valence-electron chi connectivity index (χ0n) is 14.0. The molecular formula is C20H16Cl2N2O2. The lowest BCUT2D eigenvalue weighted by Crippen LogP contribution is -2.16. The van der Waals surface area contributed by atoms with E-state index in [0.717, 1.165) is 11.3 Å². The van der Waals surface area contributed by atoms with Crippen molar-refractivity contribution in [2.45, 2.75) is 13.5 Å². The molecule has 1 amide bonds. The number of ether oxygens (including phenoxy) is 1. The highest BCUT2D eigenvalue weighted by Crippen LogP contribution is 2.28. The minimum Gasteiger partial charge on any atom is -0.486 e. The Morgan fingerprint density at radius 1 is 1.12 bits per heavy atom. The van der Waals surface area contributed by atoms with Crippen LogP contribution in [0.5, 0.6) is 5.75 Å². The second-order valence-corrected chi connectivity index (χ2v) is 6.47. The third kappa shape index (κ3) is 4.34. The molecule has 2 aromatic carbocycles. The maximum atomic E-state index is 12.7. The second-order valence-electron chi connectivity index (χ2n) is 5.63. The molecule has 0 atom stereocenters. The molecule has 0 aliphatic carbocycles. The van der Waals surface area contributed by atoms with E-state index in [1.165, 1.54) is 0 Å². The fraction of sp³-hybridized carbons (Fsp3) is 0.100. The number of benzene rings is 2. The van der Waals surface area contributed by atoms with Crippen molar-refractivity contribution in [3.8, 4) is 5.75 Å². The van der Waals surface area contributed by atoms with Crippen LogP contribution in [0.4, 0.5) is 5.69 Å². The highest BCUT2D eigenvalue weighted by Gasteiger charge is 2.14. The maximum absolute atomic E-state index is 12.7. The molecule has 132 valence electrons. The minimum absolute atomic E-state index is 0.0947. The topological polar surface area (TPSA) is 51.2 Å². The van der Waals surface area contributed by atoms with Crippen LogP contribution in [0.15, 0.2) is 60.8 Å². The summed E-state index contributed by atoms with van der Waals surface area (Å²) in [5, 5.41) is 3.86. The quantitative estimate of drug-likeness (QED) is 0.627. The number of nitrogens with zero attached hydrogens (tertiary/aromatic N) is 1. The highest BCUT2D eigenvalue weighted by molar-refractivity contribution is 6.34. The number of carbonyl (C=O) groups is 1. The Morgan fingerprint density at radius 2 is 1.92 bits per heavy atom. The van der Waals surface area contributed by atoms with Crippen molar-refractivity contribution in [3.63, 3.8) is 0 Å². The molecule has 3 aromatic rings. The smallest absolute Gasteiger partial charge is 0.257 e. The van der Waals surface area contributed by atoms with Crippen LogP contribution < -0.4 is 10.1 Å². The fourth-order valence-corrected chi connectivity index (χ4v) is 2.73. The average Bonchev–Trinajstić information content (AvgIpc) is 2.64. The van der Waals surface area contributed by atoms with E-state index >= 15 is 0 Å². The highest BCUT2D eigenvalue weighted by atomic mass is 35.5. The zero-order valence-corrected chi connectivity index (χ0v) is 15.5. The Labute approximate surface area is 161 Å². The number of halogens is 2. The van der Waals surface area contributed by atoms with Gasteiger partial charge < -0.3 is 10.1 Å². The van der Waals surface area contributed by atoms with Gasteiger partial charge in [0.05, 0.1) is 16.3 Å². The molecule has 1 N–H and O–H groups in total. The van der Waals surface area contributed by atoms with Crippen LogP contribution >= 0.6 is 23.2 Å². The Kier molecular flexibility index (Phi) is 5.76. The van der Waals surface area contributed by atoms with Crippen molar-refractivity contribution < 1.29 is 9.53 Å². The van der Waals surface area contributed by atoms with Gasteiger partial charge in [-0.05, 0) is 42.8 Å². The lowest BCUT2D eigenvalue weighted by molar-refractivity contribution is 0.102. The van der Waals surface area contributed by atoms with Crippen LogP contribution in [0.1, 0.15) is 21.6 Å². The average molecular weight is 387 g/mol. The first kappa shape index (κ1) is 18.2. The number of para-hydroxylation sites is 1. The van der Waals surface area contributed by atoms with Gasteiger partial charge >= 0.3 is 0 Å². The van der Waals surface area contributed by atoms with Gasteiger partial charge in [-0.25, -0.2) is 0 Å². The number of hydrogen-bond acceptors (Lipinski definition) is 3. The summed E-state index contributed by atoms with van der Waals surface area (Å²) in [7, 11) is 0. The number of aryl methyl sites for hydroxylation is 1. The fourth-order valence-electron chi connectivity index (χ4n) is 2.40. The molecule has 0 saturated heterocycles. The molecule has 6 heteroatoms. The molecule has 1 aromatic heterocycles. The Bertz CT molecular complexity index is 945. The van der Waals surface area contributed by atoms with E-state index in [1.807, 2.05) is 31.2 Å².